The van der Waals surface area contributed by atoms with E-state index in [0.29, 0.717) is 6.54 Å². The molecular weight excluding hydrogens is 240 g/mol. The number of nitrogens with zero attached hydrogens (tertiary/aromatic N) is 2. The Hall–Kier alpha value is -2.27. The van der Waals surface area contributed by atoms with E-state index in [1.165, 1.54) is 6.33 Å². The Kier molecular flexibility index (Phi) is 4.58. The lowest BCUT2D eigenvalue weighted by atomic mass is 10.1. The normalized spacial score (nSPS) is 12.0. The van der Waals surface area contributed by atoms with Gasteiger partial charge in [0.1, 0.15) is 6.33 Å². The van der Waals surface area contributed by atoms with E-state index in [1.807, 2.05) is 30.3 Å². The molecule has 0 saturated carbocycles. The Bertz CT molecular complexity index is 515. The average Bonchev–Trinajstić information content (AvgIpc) is 2.45. The summed E-state index contributed by atoms with van der Waals surface area (Å²) in [6.07, 6.45) is 3.33. The number of aromatic nitrogens is 2. The molecule has 0 spiro atoms. The third-order valence-electron chi connectivity index (χ3n) is 2.76. The molecule has 1 aromatic carbocycles. The third-order valence-corrected chi connectivity index (χ3v) is 2.76. The number of carbonyl (C=O) groups is 1. The molecule has 0 fully saturated rings. The highest BCUT2D eigenvalue weighted by Crippen LogP contribution is 2.14. The van der Waals surface area contributed by atoms with Gasteiger partial charge in [0, 0.05) is 19.2 Å². The zero-order valence-electron chi connectivity index (χ0n) is 10.5. The van der Waals surface area contributed by atoms with E-state index >= 15 is 0 Å². The van der Waals surface area contributed by atoms with Crippen LogP contribution in [0, 0.1) is 0 Å². The number of rotatable bonds is 6. The number of primary amides is 1. The zero-order chi connectivity index (χ0) is 13.5. The first-order valence-corrected chi connectivity index (χ1v) is 6.07. The highest BCUT2D eigenvalue weighted by molar-refractivity contribution is 5.74. The fourth-order valence-corrected chi connectivity index (χ4v) is 1.83. The molecule has 5 nitrogen and oxygen atoms in total. The summed E-state index contributed by atoms with van der Waals surface area (Å²) >= 11 is 0. The highest BCUT2D eigenvalue weighted by atomic mass is 16.1. The minimum atomic E-state index is -0.357. The first-order valence-electron chi connectivity index (χ1n) is 6.07. The number of hydrogen-bond acceptors (Lipinski definition) is 4. The second-order valence-corrected chi connectivity index (χ2v) is 4.22. The van der Waals surface area contributed by atoms with Gasteiger partial charge in [0.15, 0.2) is 0 Å². The Balaban J connectivity index is 2.04. The molecule has 0 aliphatic carbocycles. The van der Waals surface area contributed by atoms with Crippen LogP contribution in [0.25, 0.3) is 0 Å². The van der Waals surface area contributed by atoms with Crippen LogP contribution in [-0.4, -0.2) is 15.9 Å². The van der Waals surface area contributed by atoms with E-state index in [4.69, 9.17) is 5.73 Å². The molecule has 0 radical (unpaired) electrons. The lowest BCUT2D eigenvalue weighted by Gasteiger charge is -2.16. The van der Waals surface area contributed by atoms with Crippen LogP contribution in [0.4, 0.5) is 0 Å². The van der Waals surface area contributed by atoms with Crippen molar-refractivity contribution in [1.82, 2.24) is 15.3 Å². The van der Waals surface area contributed by atoms with Gasteiger partial charge in [-0.15, -0.1) is 0 Å². The fraction of sp³-hybridized carbons (Fsp3) is 0.214. The monoisotopic (exact) mass is 256 g/mol. The van der Waals surface area contributed by atoms with Gasteiger partial charge in [-0.25, -0.2) is 9.97 Å². The van der Waals surface area contributed by atoms with Crippen molar-refractivity contribution in [1.29, 1.82) is 0 Å². The van der Waals surface area contributed by atoms with Crippen molar-refractivity contribution in [2.75, 3.05) is 0 Å². The van der Waals surface area contributed by atoms with Crippen molar-refractivity contribution in [2.24, 2.45) is 5.73 Å². The minimum absolute atomic E-state index is 0.194. The van der Waals surface area contributed by atoms with E-state index in [1.54, 1.807) is 12.3 Å². The summed E-state index contributed by atoms with van der Waals surface area (Å²) < 4.78 is 0. The lowest BCUT2D eigenvalue weighted by molar-refractivity contribution is -0.118. The topological polar surface area (TPSA) is 80.9 Å². The maximum absolute atomic E-state index is 11.1. The number of nitrogens with one attached hydrogen (secondary N) is 1. The van der Waals surface area contributed by atoms with Crippen molar-refractivity contribution >= 4 is 5.91 Å². The highest BCUT2D eigenvalue weighted by Gasteiger charge is 2.14. The van der Waals surface area contributed by atoms with Gasteiger partial charge in [0.05, 0.1) is 11.7 Å². The summed E-state index contributed by atoms with van der Waals surface area (Å²) in [5.41, 5.74) is 7.19. The van der Waals surface area contributed by atoms with Crippen molar-refractivity contribution in [2.45, 2.75) is 19.0 Å². The van der Waals surface area contributed by atoms with E-state index < -0.39 is 0 Å². The van der Waals surface area contributed by atoms with E-state index in [0.717, 1.165) is 11.3 Å². The second kappa shape index (κ2) is 6.61. The molecule has 0 bridgehead atoms. The van der Waals surface area contributed by atoms with E-state index in [-0.39, 0.29) is 18.4 Å². The van der Waals surface area contributed by atoms with Crippen LogP contribution in [0.3, 0.4) is 0 Å². The molecule has 0 aliphatic rings. The number of benzene rings is 1. The van der Waals surface area contributed by atoms with Gasteiger partial charge < -0.3 is 11.1 Å². The van der Waals surface area contributed by atoms with E-state index in [9.17, 15) is 4.79 Å². The summed E-state index contributed by atoms with van der Waals surface area (Å²) in [6, 6.07) is 11.6. The van der Waals surface area contributed by atoms with Crippen molar-refractivity contribution in [3.63, 3.8) is 0 Å². The standard InChI is InChI=1S/C14H16N4O/c15-14(19)8-13(12-6-7-16-10-18-12)17-9-11-4-2-1-3-5-11/h1-7,10,13,17H,8-9H2,(H2,15,19). The molecular formula is C14H16N4O. The lowest BCUT2D eigenvalue weighted by Crippen LogP contribution is -2.27. The Morgan fingerprint density at radius 3 is 2.68 bits per heavy atom. The third kappa shape index (κ3) is 4.15. The van der Waals surface area contributed by atoms with Crippen molar-refractivity contribution in [3.8, 4) is 0 Å². The summed E-state index contributed by atoms with van der Waals surface area (Å²) in [7, 11) is 0. The number of nitrogens with two attached hydrogens (primary N) is 1. The van der Waals surface area contributed by atoms with Gasteiger partial charge in [-0.05, 0) is 11.6 Å². The van der Waals surface area contributed by atoms with Crippen LogP contribution >= 0.6 is 0 Å². The first kappa shape index (κ1) is 13.2. The summed E-state index contributed by atoms with van der Waals surface area (Å²) in [4.78, 5) is 19.2. The van der Waals surface area contributed by atoms with Crippen molar-refractivity contribution < 1.29 is 4.79 Å². The molecule has 0 aliphatic heterocycles. The van der Waals surface area contributed by atoms with Gasteiger partial charge in [-0.2, -0.15) is 0 Å². The molecule has 1 atom stereocenters. The average molecular weight is 256 g/mol. The van der Waals surface area contributed by atoms with Gasteiger partial charge in [-0.3, -0.25) is 4.79 Å². The predicted octanol–water partition coefficient (Wildman–Crippen LogP) is 1.18. The van der Waals surface area contributed by atoms with Crippen LogP contribution in [0.15, 0.2) is 48.9 Å². The largest absolute Gasteiger partial charge is 0.370 e. The Morgan fingerprint density at radius 1 is 1.26 bits per heavy atom. The number of hydrogen-bond donors (Lipinski definition) is 2. The summed E-state index contributed by atoms with van der Waals surface area (Å²) in [5.74, 6) is -0.357. The molecule has 5 heteroatoms. The molecule has 1 aromatic heterocycles. The Labute approximate surface area is 111 Å². The van der Waals surface area contributed by atoms with Crippen LogP contribution in [0.2, 0.25) is 0 Å². The quantitative estimate of drug-likeness (QED) is 0.813. The maximum atomic E-state index is 11.1. The second-order valence-electron chi connectivity index (χ2n) is 4.22. The maximum Gasteiger partial charge on any atom is 0.219 e. The summed E-state index contributed by atoms with van der Waals surface area (Å²) in [6.45, 7) is 0.656. The molecule has 1 unspecified atom stereocenters. The van der Waals surface area contributed by atoms with Crippen molar-refractivity contribution in [3.05, 3.63) is 60.2 Å². The molecule has 98 valence electrons. The van der Waals surface area contributed by atoms with Gasteiger partial charge in [0.2, 0.25) is 5.91 Å². The van der Waals surface area contributed by atoms with Crippen LogP contribution in [-0.2, 0) is 11.3 Å². The SMILES string of the molecule is NC(=O)CC(NCc1ccccc1)c1ccncn1. The molecule has 2 rings (SSSR count). The molecule has 0 saturated heterocycles. The zero-order valence-corrected chi connectivity index (χ0v) is 10.5. The molecule has 19 heavy (non-hydrogen) atoms. The van der Waals surface area contributed by atoms with Crippen LogP contribution in [0.1, 0.15) is 23.7 Å². The first-order chi connectivity index (χ1) is 9.25. The van der Waals surface area contributed by atoms with E-state index in [2.05, 4.69) is 15.3 Å². The number of carbonyl (C=O) groups excluding carboxylic acids is 1. The summed E-state index contributed by atoms with van der Waals surface area (Å²) in [5, 5.41) is 3.29. The molecule has 1 heterocycles. The van der Waals surface area contributed by atoms with Gasteiger partial charge >= 0.3 is 0 Å². The Morgan fingerprint density at radius 2 is 2.05 bits per heavy atom. The van der Waals surface area contributed by atoms with Crippen LogP contribution in [0.5, 0.6) is 0 Å². The predicted molar refractivity (Wildman–Crippen MR) is 71.9 cm³/mol. The molecule has 2 aromatic rings. The number of amides is 1. The fourth-order valence-electron chi connectivity index (χ4n) is 1.83. The van der Waals surface area contributed by atoms with Gasteiger partial charge in [0.25, 0.3) is 0 Å². The smallest absolute Gasteiger partial charge is 0.219 e. The molecule has 3 N–H and O–H groups in total. The minimum Gasteiger partial charge on any atom is -0.370 e. The molecule has 1 amide bonds. The van der Waals surface area contributed by atoms with Gasteiger partial charge in [-0.1, -0.05) is 30.3 Å². The van der Waals surface area contributed by atoms with Crippen LogP contribution < -0.4 is 11.1 Å².